The Bertz CT molecular complexity index is 358. The molecule has 1 rings (SSSR count). The molecule has 0 aromatic carbocycles. The molecule has 0 amide bonds. The minimum Gasteiger partial charge on any atom is -0.409 e. The van der Waals surface area contributed by atoms with Gasteiger partial charge in [-0.15, -0.1) is 11.8 Å². The molecule has 0 aliphatic carbocycles. The Morgan fingerprint density at radius 3 is 3.19 bits per heavy atom. The van der Waals surface area contributed by atoms with E-state index in [-0.39, 0.29) is 5.84 Å². The van der Waals surface area contributed by atoms with Gasteiger partial charge in [0, 0.05) is 31.2 Å². The highest BCUT2D eigenvalue weighted by Gasteiger charge is 2.02. The summed E-state index contributed by atoms with van der Waals surface area (Å²) in [6.07, 6.45) is 2.61. The van der Waals surface area contributed by atoms with Gasteiger partial charge >= 0.3 is 0 Å². The predicted octanol–water partition coefficient (Wildman–Crippen LogP) is 1.30. The van der Waals surface area contributed by atoms with E-state index in [1.165, 1.54) is 0 Å². The zero-order valence-corrected chi connectivity index (χ0v) is 9.91. The first-order valence-corrected chi connectivity index (χ1v) is 5.82. The average molecular weight is 241 g/mol. The Morgan fingerprint density at radius 2 is 2.50 bits per heavy atom. The molecule has 0 radical (unpaired) electrons. The van der Waals surface area contributed by atoms with Crippen molar-refractivity contribution in [2.45, 2.75) is 11.4 Å². The second-order valence-corrected chi connectivity index (χ2v) is 4.18. The van der Waals surface area contributed by atoms with Crippen LogP contribution in [0.25, 0.3) is 0 Å². The highest BCUT2D eigenvalue weighted by Crippen LogP contribution is 2.16. The molecular weight excluding hydrogens is 226 g/mol. The van der Waals surface area contributed by atoms with Crippen molar-refractivity contribution in [2.24, 2.45) is 10.9 Å². The second-order valence-electron chi connectivity index (χ2n) is 3.06. The molecule has 1 aromatic heterocycles. The Kier molecular flexibility index (Phi) is 5.66. The number of amidine groups is 1. The van der Waals surface area contributed by atoms with Crippen LogP contribution >= 0.6 is 11.8 Å². The monoisotopic (exact) mass is 241 g/mol. The lowest BCUT2D eigenvalue weighted by Crippen LogP contribution is -2.13. The normalized spacial score (nSPS) is 11.7. The van der Waals surface area contributed by atoms with E-state index in [9.17, 15) is 0 Å². The molecule has 0 atom stereocenters. The van der Waals surface area contributed by atoms with Crippen LogP contribution in [0, 0.1) is 0 Å². The predicted molar refractivity (Wildman–Crippen MR) is 64.0 cm³/mol. The first-order valence-electron chi connectivity index (χ1n) is 4.83. The summed E-state index contributed by atoms with van der Waals surface area (Å²) in [5, 5.41) is 12.4. The van der Waals surface area contributed by atoms with Crippen molar-refractivity contribution >= 4 is 17.6 Å². The van der Waals surface area contributed by atoms with Crippen molar-refractivity contribution < 1.29 is 9.94 Å². The summed E-state index contributed by atoms with van der Waals surface area (Å²) in [6.45, 7) is 0.743. The summed E-state index contributed by atoms with van der Waals surface area (Å²) in [7, 11) is 1.68. The van der Waals surface area contributed by atoms with Gasteiger partial charge in [0.05, 0.1) is 5.03 Å². The molecule has 88 valence electrons. The number of pyridine rings is 1. The third kappa shape index (κ3) is 4.08. The number of oxime groups is 1. The summed E-state index contributed by atoms with van der Waals surface area (Å²) in [6, 6.07) is 3.50. The number of thioether (sulfide) groups is 1. The molecule has 0 saturated carbocycles. The van der Waals surface area contributed by atoms with Crippen LogP contribution in [0.4, 0.5) is 0 Å². The van der Waals surface area contributed by atoms with Crippen LogP contribution in [0.15, 0.2) is 28.5 Å². The fourth-order valence-corrected chi connectivity index (χ4v) is 1.90. The first kappa shape index (κ1) is 12.8. The zero-order chi connectivity index (χ0) is 11.8. The van der Waals surface area contributed by atoms with Crippen LogP contribution < -0.4 is 5.73 Å². The van der Waals surface area contributed by atoms with Gasteiger partial charge in [-0.3, -0.25) is 0 Å². The third-order valence-electron chi connectivity index (χ3n) is 1.88. The van der Waals surface area contributed by atoms with E-state index in [0.717, 1.165) is 23.8 Å². The van der Waals surface area contributed by atoms with Gasteiger partial charge in [0.25, 0.3) is 0 Å². The summed E-state index contributed by atoms with van der Waals surface area (Å²) in [5.41, 5.74) is 6.16. The minimum atomic E-state index is 0.0983. The maximum absolute atomic E-state index is 8.54. The highest BCUT2D eigenvalue weighted by atomic mass is 32.2. The highest BCUT2D eigenvalue weighted by molar-refractivity contribution is 7.99. The largest absolute Gasteiger partial charge is 0.409 e. The number of rotatable bonds is 6. The molecule has 5 nitrogen and oxygen atoms in total. The van der Waals surface area contributed by atoms with E-state index in [1.807, 2.05) is 0 Å². The van der Waals surface area contributed by atoms with Crippen molar-refractivity contribution in [3.05, 3.63) is 23.9 Å². The molecule has 0 unspecified atom stereocenters. The van der Waals surface area contributed by atoms with Crippen LogP contribution in [0.3, 0.4) is 0 Å². The van der Waals surface area contributed by atoms with Crippen molar-refractivity contribution in [1.82, 2.24) is 4.98 Å². The van der Waals surface area contributed by atoms with Crippen LogP contribution in [-0.4, -0.2) is 35.5 Å². The van der Waals surface area contributed by atoms with Gasteiger partial charge in [0.1, 0.15) is 0 Å². The van der Waals surface area contributed by atoms with E-state index in [2.05, 4.69) is 10.1 Å². The number of aromatic nitrogens is 1. The minimum absolute atomic E-state index is 0.0983. The Labute approximate surface area is 98.7 Å². The van der Waals surface area contributed by atoms with Gasteiger partial charge in [-0.2, -0.15) is 0 Å². The number of ether oxygens (including phenoxy) is 1. The van der Waals surface area contributed by atoms with Crippen molar-refractivity contribution in [3.63, 3.8) is 0 Å². The lowest BCUT2D eigenvalue weighted by atomic mass is 10.2. The van der Waals surface area contributed by atoms with Gasteiger partial charge in [0.15, 0.2) is 5.84 Å². The quantitative estimate of drug-likeness (QED) is 0.196. The average Bonchev–Trinajstić information content (AvgIpc) is 2.34. The molecule has 6 heteroatoms. The SMILES string of the molecule is COCCCSc1cc(C(N)=NO)ccn1. The number of nitrogens with zero attached hydrogens (tertiary/aromatic N) is 2. The van der Waals surface area contributed by atoms with E-state index in [0.29, 0.717) is 5.56 Å². The first-order chi connectivity index (χ1) is 7.77. The molecule has 1 heterocycles. The van der Waals surface area contributed by atoms with Crippen LogP contribution in [-0.2, 0) is 4.74 Å². The van der Waals surface area contributed by atoms with Crippen LogP contribution in [0.5, 0.6) is 0 Å². The summed E-state index contributed by atoms with van der Waals surface area (Å²) >= 11 is 1.62. The molecule has 0 aliphatic heterocycles. The zero-order valence-electron chi connectivity index (χ0n) is 9.09. The van der Waals surface area contributed by atoms with Gasteiger partial charge in [-0.25, -0.2) is 4.98 Å². The van der Waals surface area contributed by atoms with E-state index < -0.39 is 0 Å². The lowest BCUT2D eigenvalue weighted by molar-refractivity contribution is 0.200. The van der Waals surface area contributed by atoms with Gasteiger partial charge in [0.2, 0.25) is 0 Å². The maximum atomic E-state index is 8.54. The molecule has 3 N–H and O–H groups in total. The van der Waals surface area contributed by atoms with Gasteiger partial charge < -0.3 is 15.7 Å². The Balaban J connectivity index is 2.54. The summed E-state index contributed by atoms with van der Waals surface area (Å²) < 4.78 is 4.95. The summed E-state index contributed by atoms with van der Waals surface area (Å²) in [4.78, 5) is 4.18. The molecule has 0 bridgehead atoms. The fraction of sp³-hybridized carbons (Fsp3) is 0.400. The molecule has 1 aromatic rings. The smallest absolute Gasteiger partial charge is 0.170 e. The maximum Gasteiger partial charge on any atom is 0.170 e. The number of hydrogen-bond donors (Lipinski definition) is 2. The second kappa shape index (κ2) is 7.08. The Morgan fingerprint density at radius 1 is 1.69 bits per heavy atom. The van der Waals surface area contributed by atoms with Crippen LogP contribution in [0.1, 0.15) is 12.0 Å². The molecule has 0 saturated heterocycles. The van der Waals surface area contributed by atoms with E-state index in [4.69, 9.17) is 15.7 Å². The number of hydrogen-bond acceptors (Lipinski definition) is 5. The van der Waals surface area contributed by atoms with Crippen LogP contribution in [0.2, 0.25) is 0 Å². The molecular formula is C10H15N3O2S. The lowest BCUT2D eigenvalue weighted by Gasteiger charge is -2.03. The molecule has 0 aliphatic rings. The molecule has 0 spiro atoms. The van der Waals surface area contributed by atoms with Crippen molar-refractivity contribution in [2.75, 3.05) is 19.5 Å². The number of nitrogens with two attached hydrogens (primary N) is 1. The molecule has 16 heavy (non-hydrogen) atoms. The topological polar surface area (TPSA) is 80.7 Å². The van der Waals surface area contributed by atoms with Gasteiger partial charge in [-0.05, 0) is 18.6 Å². The van der Waals surface area contributed by atoms with E-state index >= 15 is 0 Å². The Hall–Kier alpha value is -1.27. The van der Waals surface area contributed by atoms with Crippen molar-refractivity contribution in [3.8, 4) is 0 Å². The summed E-state index contributed by atoms with van der Waals surface area (Å²) in [5.74, 6) is 1.03. The molecule has 0 fully saturated rings. The third-order valence-corrected chi connectivity index (χ3v) is 2.89. The van der Waals surface area contributed by atoms with Crippen molar-refractivity contribution in [1.29, 1.82) is 0 Å². The van der Waals surface area contributed by atoms with E-state index in [1.54, 1.807) is 37.2 Å². The standard InChI is InChI=1S/C10H15N3O2S/c1-15-5-2-6-16-9-7-8(3-4-12-9)10(11)13-14/h3-4,7,14H,2,5-6H2,1H3,(H2,11,13). The number of methoxy groups -OCH3 is 1. The fourth-order valence-electron chi connectivity index (χ4n) is 1.09. The van der Waals surface area contributed by atoms with Gasteiger partial charge in [-0.1, -0.05) is 5.16 Å².